The van der Waals surface area contributed by atoms with E-state index in [9.17, 15) is 25.0 Å². The number of nitrogens with one attached hydrogen (secondary N) is 1. The number of rotatable bonds is 5. The van der Waals surface area contributed by atoms with Gasteiger partial charge in [0.1, 0.15) is 0 Å². The summed E-state index contributed by atoms with van der Waals surface area (Å²) in [5, 5.41) is 23.1. The number of non-ortho nitro benzene ring substituents is 1. The molecule has 0 aliphatic carbocycles. The number of allylic oxidation sites excluding steroid dienone is 1. The number of amides is 1. The molecule has 0 spiro atoms. The fraction of sp³-hybridized carbons (Fsp3) is 0.267. The first kappa shape index (κ1) is 17.5. The van der Waals surface area contributed by atoms with Crippen molar-refractivity contribution in [3.8, 4) is 6.07 Å². The standard InChI is InChI=1S/C15H13N3O5S/c1-23-14(20)8-24-15-12(7-16)11(6-13(19)17-15)9-2-4-10(5-3-9)18(21)22/h2-5,11H,6,8H2,1H3,(H,17,19). The maximum absolute atomic E-state index is 11.9. The molecule has 0 saturated heterocycles. The summed E-state index contributed by atoms with van der Waals surface area (Å²) in [4.78, 5) is 33.4. The Hall–Kier alpha value is -2.86. The number of methoxy groups -OCH3 is 1. The lowest BCUT2D eigenvalue weighted by molar-refractivity contribution is -0.384. The second-order valence-corrected chi connectivity index (χ2v) is 5.86. The zero-order valence-electron chi connectivity index (χ0n) is 12.6. The van der Waals surface area contributed by atoms with Crippen molar-refractivity contribution in [3.63, 3.8) is 0 Å². The van der Waals surface area contributed by atoms with Crippen molar-refractivity contribution in [2.24, 2.45) is 0 Å². The van der Waals surface area contributed by atoms with E-state index >= 15 is 0 Å². The first-order valence-electron chi connectivity index (χ1n) is 6.84. The minimum atomic E-state index is -0.518. The van der Waals surface area contributed by atoms with Crippen molar-refractivity contribution in [2.75, 3.05) is 12.9 Å². The summed E-state index contributed by atoms with van der Waals surface area (Å²) in [6, 6.07) is 7.78. The Morgan fingerprint density at radius 2 is 2.17 bits per heavy atom. The summed E-state index contributed by atoms with van der Waals surface area (Å²) in [7, 11) is 1.25. The number of carbonyl (C=O) groups excluding carboxylic acids is 2. The Morgan fingerprint density at radius 3 is 2.71 bits per heavy atom. The van der Waals surface area contributed by atoms with Crippen LogP contribution in [0.5, 0.6) is 0 Å². The summed E-state index contributed by atoms with van der Waals surface area (Å²) < 4.78 is 4.54. The normalized spacial score (nSPS) is 17.0. The smallest absolute Gasteiger partial charge is 0.316 e. The molecule has 9 heteroatoms. The summed E-state index contributed by atoms with van der Waals surface area (Å²) in [6.07, 6.45) is 0.0585. The van der Waals surface area contributed by atoms with Gasteiger partial charge >= 0.3 is 5.97 Å². The Kier molecular flexibility index (Phi) is 5.55. The molecule has 0 bridgehead atoms. The van der Waals surface area contributed by atoms with Crippen LogP contribution in [0.15, 0.2) is 34.9 Å². The van der Waals surface area contributed by atoms with Crippen LogP contribution in [-0.2, 0) is 14.3 Å². The van der Waals surface area contributed by atoms with Crippen LogP contribution in [0.1, 0.15) is 17.9 Å². The molecule has 1 aliphatic rings. The van der Waals surface area contributed by atoms with Crippen LogP contribution in [0.25, 0.3) is 0 Å². The highest BCUT2D eigenvalue weighted by Crippen LogP contribution is 2.36. The number of nitro benzene ring substituents is 1. The van der Waals surface area contributed by atoms with Crippen molar-refractivity contribution < 1.29 is 19.2 Å². The van der Waals surface area contributed by atoms with Gasteiger partial charge in [-0.1, -0.05) is 23.9 Å². The summed E-state index contributed by atoms with van der Waals surface area (Å²) in [6.45, 7) is 0. The molecular weight excluding hydrogens is 334 g/mol. The van der Waals surface area contributed by atoms with Crippen LogP contribution in [0.3, 0.4) is 0 Å². The van der Waals surface area contributed by atoms with Gasteiger partial charge in [0.2, 0.25) is 5.91 Å². The molecule has 124 valence electrons. The van der Waals surface area contributed by atoms with E-state index in [1.807, 2.05) is 0 Å². The van der Waals surface area contributed by atoms with Gasteiger partial charge in [-0.15, -0.1) is 0 Å². The third kappa shape index (κ3) is 3.91. The highest BCUT2D eigenvalue weighted by Gasteiger charge is 2.30. The maximum Gasteiger partial charge on any atom is 0.316 e. The quantitative estimate of drug-likeness (QED) is 0.490. The number of esters is 1. The Bertz CT molecular complexity index is 751. The molecule has 1 atom stereocenters. The Balaban J connectivity index is 2.33. The van der Waals surface area contributed by atoms with Gasteiger partial charge in [0.05, 0.1) is 34.5 Å². The van der Waals surface area contributed by atoms with Crippen LogP contribution in [-0.4, -0.2) is 29.7 Å². The topological polar surface area (TPSA) is 122 Å². The largest absolute Gasteiger partial charge is 0.468 e. The SMILES string of the molecule is COC(=O)CSC1=C(C#N)C(c2ccc([N+](=O)[O-])cc2)CC(=O)N1. The molecular formula is C15H13N3O5S. The zero-order chi connectivity index (χ0) is 17.7. The van der Waals surface area contributed by atoms with Crippen molar-refractivity contribution >= 4 is 29.3 Å². The van der Waals surface area contributed by atoms with Crippen molar-refractivity contribution in [1.82, 2.24) is 5.32 Å². The summed E-state index contributed by atoms with van der Waals surface area (Å²) >= 11 is 1.02. The predicted molar refractivity (Wildman–Crippen MR) is 85.7 cm³/mol. The molecule has 1 aliphatic heterocycles. The number of hydrogen-bond donors (Lipinski definition) is 1. The van der Waals surface area contributed by atoms with Crippen LogP contribution >= 0.6 is 11.8 Å². The van der Waals surface area contributed by atoms with Crippen LogP contribution in [0.2, 0.25) is 0 Å². The third-order valence-electron chi connectivity index (χ3n) is 3.42. The van der Waals surface area contributed by atoms with Crippen molar-refractivity contribution in [3.05, 3.63) is 50.5 Å². The van der Waals surface area contributed by atoms with Crippen LogP contribution in [0.4, 0.5) is 5.69 Å². The first-order valence-corrected chi connectivity index (χ1v) is 7.83. The average Bonchev–Trinajstić information content (AvgIpc) is 2.59. The number of benzene rings is 1. The molecule has 2 rings (SSSR count). The number of nitriles is 1. The van der Waals surface area contributed by atoms with E-state index in [0.717, 1.165) is 11.8 Å². The molecule has 8 nitrogen and oxygen atoms in total. The average molecular weight is 347 g/mol. The van der Waals surface area contributed by atoms with E-state index in [4.69, 9.17) is 0 Å². The van der Waals surface area contributed by atoms with E-state index < -0.39 is 16.8 Å². The first-order chi connectivity index (χ1) is 11.5. The Labute approximate surface area is 141 Å². The fourth-order valence-electron chi connectivity index (χ4n) is 2.24. The highest BCUT2D eigenvalue weighted by atomic mass is 32.2. The number of hydrogen-bond acceptors (Lipinski definition) is 7. The van der Waals surface area contributed by atoms with Gasteiger partial charge in [-0.3, -0.25) is 19.7 Å². The molecule has 1 aromatic carbocycles. The molecule has 0 saturated carbocycles. The number of ether oxygens (including phenoxy) is 1. The Morgan fingerprint density at radius 1 is 1.50 bits per heavy atom. The molecule has 0 radical (unpaired) electrons. The third-order valence-corrected chi connectivity index (χ3v) is 4.42. The van der Waals surface area contributed by atoms with E-state index in [0.29, 0.717) is 16.2 Å². The lowest BCUT2D eigenvalue weighted by Crippen LogP contribution is -2.31. The second-order valence-electron chi connectivity index (χ2n) is 4.87. The van der Waals surface area contributed by atoms with Gasteiger partial charge in [-0.05, 0) is 5.56 Å². The van der Waals surface area contributed by atoms with E-state index in [1.165, 1.54) is 31.4 Å². The molecule has 0 fully saturated rings. The summed E-state index contributed by atoms with van der Waals surface area (Å²) in [5.41, 5.74) is 0.877. The number of nitro groups is 1. The van der Waals surface area contributed by atoms with Gasteiger partial charge in [0.25, 0.3) is 5.69 Å². The minimum Gasteiger partial charge on any atom is -0.468 e. The van der Waals surface area contributed by atoms with Crippen molar-refractivity contribution in [2.45, 2.75) is 12.3 Å². The van der Waals surface area contributed by atoms with E-state index in [-0.39, 0.29) is 23.8 Å². The highest BCUT2D eigenvalue weighted by molar-refractivity contribution is 8.03. The monoisotopic (exact) mass is 347 g/mol. The predicted octanol–water partition coefficient (Wildman–Crippen LogP) is 1.84. The maximum atomic E-state index is 11.9. The van der Waals surface area contributed by atoms with Gasteiger partial charge in [-0.2, -0.15) is 5.26 Å². The second kappa shape index (κ2) is 7.61. The van der Waals surface area contributed by atoms with Gasteiger partial charge in [0, 0.05) is 24.5 Å². The number of thioether (sulfide) groups is 1. The van der Waals surface area contributed by atoms with Crippen LogP contribution in [0, 0.1) is 21.4 Å². The van der Waals surface area contributed by atoms with Gasteiger partial charge in [0.15, 0.2) is 0 Å². The fourth-order valence-corrected chi connectivity index (χ4v) is 3.15. The van der Waals surface area contributed by atoms with E-state index in [2.05, 4.69) is 16.1 Å². The lowest BCUT2D eigenvalue weighted by atomic mass is 9.87. The van der Waals surface area contributed by atoms with Gasteiger partial charge in [-0.25, -0.2) is 0 Å². The minimum absolute atomic E-state index is 0.0374. The number of nitrogens with zero attached hydrogens (tertiary/aromatic N) is 2. The number of carbonyl (C=O) groups is 2. The van der Waals surface area contributed by atoms with E-state index in [1.54, 1.807) is 0 Å². The molecule has 1 amide bonds. The molecule has 1 unspecified atom stereocenters. The molecule has 24 heavy (non-hydrogen) atoms. The lowest BCUT2D eigenvalue weighted by Gasteiger charge is -2.24. The van der Waals surface area contributed by atoms with Gasteiger partial charge < -0.3 is 10.1 Å². The van der Waals surface area contributed by atoms with Crippen LogP contribution < -0.4 is 5.32 Å². The molecule has 1 N–H and O–H groups in total. The zero-order valence-corrected chi connectivity index (χ0v) is 13.5. The molecule has 1 heterocycles. The summed E-state index contributed by atoms with van der Waals surface area (Å²) in [5.74, 6) is -1.31. The van der Waals surface area contributed by atoms with Crippen molar-refractivity contribution in [1.29, 1.82) is 5.26 Å². The molecule has 0 aromatic heterocycles. The molecule has 1 aromatic rings.